The van der Waals surface area contributed by atoms with E-state index >= 15 is 0 Å². The number of fused-ring (bicyclic) bond motifs is 2. The van der Waals surface area contributed by atoms with Gasteiger partial charge in [0, 0.05) is 36.7 Å². The minimum absolute atomic E-state index is 0.167. The number of nitrogens with zero attached hydrogens (tertiary/aromatic N) is 1. The molecule has 0 aromatic heterocycles. The first-order valence-corrected chi connectivity index (χ1v) is 11.8. The van der Waals surface area contributed by atoms with Crippen LogP contribution in [0.2, 0.25) is 0 Å². The molecule has 5 rings (SSSR count). The Morgan fingerprint density at radius 1 is 1.06 bits per heavy atom. The number of hydrogen-bond donors (Lipinski definition) is 1. The van der Waals surface area contributed by atoms with E-state index in [0.29, 0.717) is 13.0 Å². The van der Waals surface area contributed by atoms with Crippen LogP contribution in [0.15, 0.2) is 42.5 Å². The van der Waals surface area contributed by atoms with Crippen LogP contribution in [-0.2, 0) is 29.0 Å². The number of Topliss-reactive ketones (excluding diaryl/α,β-unsaturated/α-hetero) is 1. The molecule has 1 unspecified atom stereocenters. The fraction of sp³-hybridized carbons (Fsp3) is 0.444. The lowest BCUT2D eigenvalue weighted by atomic mass is 9.98. The Labute approximate surface area is 185 Å². The number of rotatable bonds is 6. The minimum Gasteiger partial charge on any atom is -0.487 e. The maximum absolute atomic E-state index is 12.7. The van der Waals surface area contributed by atoms with Gasteiger partial charge < -0.3 is 10.1 Å². The van der Waals surface area contributed by atoms with E-state index in [-0.39, 0.29) is 5.78 Å². The van der Waals surface area contributed by atoms with Crippen molar-refractivity contribution in [3.63, 3.8) is 0 Å². The number of benzene rings is 2. The molecule has 1 aliphatic carbocycles. The van der Waals surface area contributed by atoms with Crippen LogP contribution in [0.5, 0.6) is 0 Å². The average molecular weight is 417 g/mol. The van der Waals surface area contributed by atoms with Gasteiger partial charge in [-0.25, -0.2) is 0 Å². The molecule has 0 spiro atoms. The highest BCUT2D eigenvalue weighted by Gasteiger charge is 2.32. The van der Waals surface area contributed by atoms with E-state index in [1.165, 1.54) is 36.9 Å². The number of hydrogen-bond acceptors (Lipinski definition) is 4. The molecule has 2 aromatic rings. The van der Waals surface area contributed by atoms with Crippen molar-refractivity contribution in [2.45, 2.75) is 51.7 Å². The Morgan fingerprint density at radius 2 is 1.97 bits per heavy atom. The summed E-state index contributed by atoms with van der Waals surface area (Å²) in [6, 6.07) is 15.4. The van der Waals surface area contributed by atoms with Gasteiger partial charge in [0.2, 0.25) is 0 Å². The summed E-state index contributed by atoms with van der Waals surface area (Å²) in [7, 11) is 0. The first-order valence-electron chi connectivity index (χ1n) is 11.8. The number of ketones is 1. The van der Waals surface area contributed by atoms with E-state index in [0.717, 1.165) is 60.1 Å². The largest absolute Gasteiger partial charge is 0.487 e. The molecule has 1 atom stereocenters. The smallest absolute Gasteiger partial charge is 0.171 e. The number of nitrogens with one attached hydrogen (secondary N) is 1. The number of likely N-dealkylation sites (tertiary alicyclic amines) is 1. The van der Waals surface area contributed by atoms with Crippen LogP contribution in [0.3, 0.4) is 0 Å². The molecule has 2 aromatic carbocycles. The molecule has 2 aliphatic heterocycles. The number of piperidine rings is 1. The van der Waals surface area contributed by atoms with Crippen LogP contribution in [0.25, 0.3) is 11.3 Å². The Hall–Kier alpha value is -2.43. The van der Waals surface area contributed by atoms with Gasteiger partial charge >= 0.3 is 0 Å². The van der Waals surface area contributed by atoms with E-state index in [9.17, 15) is 4.79 Å². The molecule has 1 fully saturated rings. The van der Waals surface area contributed by atoms with Gasteiger partial charge in [0.15, 0.2) is 5.78 Å². The van der Waals surface area contributed by atoms with Crippen LogP contribution in [-0.4, -0.2) is 42.9 Å². The van der Waals surface area contributed by atoms with E-state index in [4.69, 9.17) is 4.74 Å². The van der Waals surface area contributed by atoms with E-state index in [2.05, 4.69) is 35.3 Å². The average Bonchev–Trinajstić information content (AvgIpc) is 3.33. The van der Waals surface area contributed by atoms with Crippen molar-refractivity contribution in [2.75, 3.05) is 26.2 Å². The molecule has 1 N–H and O–H groups in total. The molecule has 3 aliphatic rings. The molecule has 0 amide bonds. The van der Waals surface area contributed by atoms with Crippen molar-refractivity contribution < 1.29 is 9.53 Å². The highest BCUT2D eigenvalue weighted by atomic mass is 16.5. The fourth-order valence-electron chi connectivity index (χ4n) is 5.23. The number of carbonyl (C=O) groups is 1. The van der Waals surface area contributed by atoms with Gasteiger partial charge in [0.05, 0.1) is 5.57 Å². The Morgan fingerprint density at radius 3 is 2.87 bits per heavy atom. The van der Waals surface area contributed by atoms with E-state index in [1.807, 2.05) is 24.3 Å². The fourth-order valence-corrected chi connectivity index (χ4v) is 5.23. The van der Waals surface area contributed by atoms with Gasteiger partial charge in [0.25, 0.3) is 0 Å². The van der Waals surface area contributed by atoms with Gasteiger partial charge in [-0.2, -0.15) is 0 Å². The summed E-state index contributed by atoms with van der Waals surface area (Å²) in [5.74, 6) is 0.936. The third kappa shape index (κ3) is 4.19. The van der Waals surface area contributed by atoms with Crippen LogP contribution >= 0.6 is 0 Å². The lowest BCUT2D eigenvalue weighted by molar-refractivity contribution is -0.112. The summed E-state index contributed by atoms with van der Waals surface area (Å²) in [4.78, 5) is 15.3. The van der Waals surface area contributed by atoms with Crippen molar-refractivity contribution >= 4 is 17.1 Å². The SMILES string of the molecule is CC1CCCCN1CCNCCc1ccc2c(c1)CO/C2=C1/C(=O)Cc2ccccc21. The van der Waals surface area contributed by atoms with Gasteiger partial charge in [-0.1, -0.05) is 48.9 Å². The molecule has 1 saturated heterocycles. The maximum atomic E-state index is 12.7. The zero-order valence-corrected chi connectivity index (χ0v) is 18.5. The van der Waals surface area contributed by atoms with Gasteiger partial charge in [-0.05, 0) is 56.0 Å². The van der Waals surface area contributed by atoms with Crippen LogP contribution in [0, 0.1) is 0 Å². The van der Waals surface area contributed by atoms with Crippen LogP contribution in [0.1, 0.15) is 54.0 Å². The summed E-state index contributed by atoms with van der Waals surface area (Å²) >= 11 is 0. The summed E-state index contributed by atoms with van der Waals surface area (Å²) < 4.78 is 6.05. The Balaban J connectivity index is 1.21. The first-order chi connectivity index (χ1) is 15.2. The van der Waals surface area contributed by atoms with Gasteiger partial charge in [-0.15, -0.1) is 0 Å². The highest BCUT2D eigenvalue weighted by molar-refractivity contribution is 6.31. The molecular weight excluding hydrogens is 384 g/mol. The van der Waals surface area contributed by atoms with E-state index < -0.39 is 0 Å². The molecule has 0 saturated carbocycles. The third-order valence-corrected chi connectivity index (χ3v) is 7.04. The molecule has 2 heterocycles. The lowest BCUT2D eigenvalue weighted by Crippen LogP contribution is -2.41. The van der Waals surface area contributed by atoms with Crippen molar-refractivity contribution in [3.05, 3.63) is 70.3 Å². The van der Waals surface area contributed by atoms with Gasteiger partial charge in [-0.3, -0.25) is 9.69 Å². The zero-order chi connectivity index (χ0) is 21.2. The second-order valence-electron chi connectivity index (χ2n) is 9.12. The first kappa shape index (κ1) is 20.5. The molecule has 4 heteroatoms. The topological polar surface area (TPSA) is 41.6 Å². The quantitative estimate of drug-likeness (QED) is 0.566. The standard InChI is InChI=1S/C27H32N2O2/c1-19-6-4-5-14-29(19)15-13-28-12-11-20-9-10-24-22(16-20)18-31-27(24)26-23-8-3-2-7-21(23)17-25(26)30/h2-3,7-10,16,19,28H,4-6,11-15,17-18H2,1H3/b27-26+. The molecule has 31 heavy (non-hydrogen) atoms. The molecule has 4 nitrogen and oxygen atoms in total. The number of carbonyl (C=O) groups excluding carboxylic acids is 1. The highest BCUT2D eigenvalue weighted by Crippen LogP contribution is 2.40. The van der Waals surface area contributed by atoms with Gasteiger partial charge in [0.1, 0.15) is 12.4 Å². The Bertz CT molecular complexity index is 1010. The van der Waals surface area contributed by atoms with Crippen molar-refractivity contribution in [1.29, 1.82) is 0 Å². The molecule has 162 valence electrons. The normalized spacial score (nSPS) is 23.0. The van der Waals surface area contributed by atoms with Crippen molar-refractivity contribution in [2.24, 2.45) is 0 Å². The summed E-state index contributed by atoms with van der Waals surface area (Å²) in [5.41, 5.74) is 6.50. The summed E-state index contributed by atoms with van der Waals surface area (Å²) in [6.07, 6.45) is 5.56. The molecular formula is C27H32N2O2. The maximum Gasteiger partial charge on any atom is 0.171 e. The Kier molecular flexibility index (Phi) is 5.93. The lowest BCUT2D eigenvalue weighted by Gasteiger charge is -2.33. The number of ether oxygens (including phenoxy) is 1. The van der Waals surface area contributed by atoms with E-state index in [1.54, 1.807) is 0 Å². The second-order valence-corrected chi connectivity index (χ2v) is 9.12. The predicted molar refractivity (Wildman–Crippen MR) is 125 cm³/mol. The molecule has 0 radical (unpaired) electrons. The molecule has 0 bridgehead atoms. The van der Waals surface area contributed by atoms with Crippen molar-refractivity contribution in [1.82, 2.24) is 10.2 Å². The monoisotopic (exact) mass is 416 g/mol. The third-order valence-electron chi connectivity index (χ3n) is 7.04. The van der Waals surface area contributed by atoms with Crippen LogP contribution in [0.4, 0.5) is 0 Å². The second kappa shape index (κ2) is 8.97. The summed E-state index contributed by atoms with van der Waals surface area (Å²) in [6.45, 7) is 7.34. The predicted octanol–water partition coefficient (Wildman–Crippen LogP) is 4.22. The zero-order valence-electron chi connectivity index (χ0n) is 18.5. The number of allylic oxidation sites excluding steroid dienone is 1. The summed E-state index contributed by atoms with van der Waals surface area (Å²) in [5, 5.41) is 3.61. The van der Waals surface area contributed by atoms with Crippen LogP contribution < -0.4 is 5.32 Å². The minimum atomic E-state index is 0.167. The van der Waals surface area contributed by atoms with Crippen molar-refractivity contribution in [3.8, 4) is 0 Å².